The van der Waals surface area contributed by atoms with Crippen LogP contribution in [0.1, 0.15) is 298 Å². The number of hydrogen-bond donors (Lipinski definition) is 3. The fraction of sp³-hybridized carbons (Fsp3) is 0.550. The van der Waals surface area contributed by atoms with Crippen molar-refractivity contribution in [1.29, 1.82) is 0 Å². The van der Waals surface area contributed by atoms with Crippen molar-refractivity contribution in [3.63, 3.8) is 0 Å². The van der Waals surface area contributed by atoms with Crippen LogP contribution in [-0.4, -0.2) is 36.3 Å². The smallest absolute Gasteiger partial charge is 0.112 e. The maximum absolute atomic E-state index is 4.81. The molecule has 0 fully saturated rings. The zero-order valence-corrected chi connectivity index (χ0v) is 56.2. The third kappa shape index (κ3) is 20.8. The first-order valence-electron chi connectivity index (χ1n) is 30.6. The summed E-state index contributed by atoms with van der Waals surface area (Å²) in [4.78, 5) is 29.3. The van der Waals surface area contributed by atoms with E-state index in [1.54, 1.807) is 0 Å². The second-order valence-electron chi connectivity index (χ2n) is 31.6. The molecule has 2 aliphatic rings. The molecule has 2 aliphatic heterocycles. The van der Waals surface area contributed by atoms with Crippen LogP contribution in [0.15, 0.2) is 107 Å². The summed E-state index contributed by atoms with van der Waals surface area (Å²) in [5.74, 6) is 3.83. The lowest BCUT2D eigenvalue weighted by atomic mass is 9.85. The van der Waals surface area contributed by atoms with Crippen LogP contribution < -0.4 is 0 Å². The van der Waals surface area contributed by atoms with E-state index in [4.69, 9.17) is 9.98 Å². The number of aromatic nitrogens is 5. The molecule has 7 nitrogen and oxygen atoms in total. The SMILES string of the molecule is C.C.C.C.C.CC(C)(C)C1=Nc2cc(C(C)(C)C)ccc2C1.CC(C)(C)C1=Nc2cc(C(C)(C)C)ccc2C1.CC(C)c1ccc2cc(C(C)(C)C)[nH]c2c1.CC(C)c1ccc2nc(C(C)(C)C)[nH]c2c1.CC(C)c1ccc2nc(C(C)(C)C)[nH]c2c1. The molecule has 482 valence electrons. The van der Waals surface area contributed by atoms with E-state index in [9.17, 15) is 0 Å². The van der Waals surface area contributed by atoms with Crippen molar-refractivity contribution in [3.05, 3.63) is 153 Å². The molecule has 10 rings (SSSR count). The number of hydrogen-bond acceptors (Lipinski definition) is 4. The van der Waals surface area contributed by atoms with E-state index in [0.29, 0.717) is 17.8 Å². The van der Waals surface area contributed by atoms with Gasteiger partial charge in [0.15, 0.2) is 0 Å². The number of rotatable bonds is 3. The molecule has 0 atom stereocenters. The average molecular weight is 1190 g/mol. The molecule has 5 aromatic carbocycles. The zero-order chi connectivity index (χ0) is 61.5. The van der Waals surface area contributed by atoms with Gasteiger partial charge in [-0.25, -0.2) is 9.97 Å². The molecule has 3 N–H and O–H groups in total. The van der Waals surface area contributed by atoms with Gasteiger partial charge < -0.3 is 15.0 Å². The van der Waals surface area contributed by atoms with Gasteiger partial charge in [0.2, 0.25) is 0 Å². The van der Waals surface area contributed by atoms with Crippen molar-refractivity contribution >= 4 is 55.8 Å². The van der Waals surface area contributed by atoms with Gasteiger partial charge in [-0.2, -0.15) is 0 Å². The molecular formula is C80H127N7. The molecule has 5 heterocycles. The monoisotopic (exact) mass is 1190 g/mol. The van der Waals surface area contributed by atoms with E-state index in [0.717, 1.165) is 46.6 Å². The van der Waals surface area contributed by atoms with Gasteiger partial charge in [-0.15, -0.1) is 0 Å². The van der Waals surface area contributed by atoms with Crippen LogP contribution in [0, 0.1) is 10.8 Å². The molecule has 0 aliphatic carbocycles. The van der Waals surface area contributed by atoms with Gasteiger partial charge in [0.25, 0.3) is 0 Å². The first-order valence-corrected chi connectivity index (χ1v) is 30.6. The van der Waals surface area contributed by atoms with Crippen LogP contribution in [-0.2, 0) is 39.9 Å². The Bertz CT molecular complexity index is 3210. The summed E-state index contributed by atoms with van der Waals surface area (Å²) in [6, 6.07) is 35.5. The first-order chi connectivity index (χ1) is 37.5. The van der Waals surface area contributed by atoms with Crippen LogP contribution in [0.3, 0.4) is 0 Å². The standard InChI is InChI=1S/2C16H23N.C15H21N.2C14H20N2.5CH4/c2*1-15(2,3)12-8-7-11-9-14(16(4,5)6)17-13(11)10-12;1-10(2)11-6-7-12-9-14(15(3,4)5)16-13(12)8-11;2*1-9(2)10-6-7-11-12(8-10)16-13(15-11)14(3,4)5;;;;;/h2*7-8,10H,9H2,1-6H3;6-10,16H,1-5H3;2*6-9H,1-5H3,(H,15,16);5*1H4. The molecule has 7 heteroatoms. The van der Waals surface area contributed by atoms with Gasteiger partial charge in [-0.3, -0.25) is 9.98 Å². The lowest BCUT2D eigenvalue weighted by molar-refractivity contribution is 0.554. The summed E-state index contributed by atoms with van der Waals surface area (Å²) < 4.78 is 0. The van der Waals surface area contributed by atoms with E-state index >= 15 is 0 Å². The third-order valence-corrected chi connectivity index (χ3v) is 15.7. The van der Waals surface area contributed by atoms with E-state index in [1.165, 1.54) is 78.3 Å². The molecule has 0 saturated carbocycles. The Kier molecular flexibility index (Phi) is 26.8. The molecule has 8 aromatic rings. The summed E-state index contributed by atoms with van der Waals surface area (Å²) >= 11 is 0. The number of imidazole rings is 2. The average Bonchev–Trinajstić information content (AvgIpc) is 2.32. The zero-order valence-electron chi connectivity index (χ0n) is 56.2. The van der Waals surface area contributed by atoms with Crippen molar-refractivity contribution in [2.24, 2.45) is 20.8 Å². The quantitative estimate of drug-likeness (QED) is 0.164. The van der Waals surface area contributed by atoms with Crippen LogP contribution >= 0.6 is 0 Å². The Morgan fingerprint density at radius 1 is 0.333 bits per heavy atom. The van der Waals surface area contributed by atoms with Crippen molar-refractivity contribution < 1.29 is 0 Å². The topological polar surface area (TPSA) is 97.9 Å². The molecule has 0 radical (unpaired) electrons. The Hall–Kier alpha value is -6.08. The normalized spacial score (nSPS) is 13.1. The molecule has 0 saturated heterocycles. The highest BCUT2D eigenvalue weighted by atomic mass is 14.9. The van der Waals surface area contributed by atoms with E-state index in [-0.39, 0.29) is 75.0 Å². The van der Waals surface area contributed by atoms with Crippen molar-refractivity contribution in [2.75, 3.05) is 0 Å². The van der Waals surface area contributed by atoms with Crippen molar-refractivity contribution in [3.8, 4) is 0 Å². The van der Waals surface area contributed by atoms with Crippen LogP contribution in [0.2, 0.25) is 0 Å². The number of aliphatic imine (C=N–C) groups is 2. The molecule has 0 unspecified atom stereocenters. The second kappa shape index (κ2) is 29.5. The van der Waals surface area contributed by atoms with Gasteiger partial charge in [-0.1, -0.05) is 273 Å². The minimum absolute atomic E-state index is 0. The maximum atomic E-state index is 4.81. The largest absolute Gasteiger partial charge is 0.358 e. The Morgan fingerprint density at radius 3 is 0.966 bits per heavy atom. The molecule has 0 bridgehead atoms. The molecule has 0 spiro atoms. The minimum atomic E-state index is 0. The summed E-state index contributed by atoms with van der Waals surface area (Å²) in [6.07, 6.45) is 2.03. The summed E-state index contributed by atoms with van der Waals surface area (Å²) in [7, 11) is 0. The number of nitrogens with one attached hydrogen (secondary N) is 3. The molecular weight excluding hydrogens is 1060 g/mol. The lowest BCUT2D eigenvalue weighted by Gasteiger charge is -2.19. The van der Waals surface area contributed by atoms with Gasteiger partial charge in [0.1, 0.15) is 11.6 Å². The number of aromatic amines is 3. The Labute approximate surface area is 533 Å². The van der Waals surface area contributed by atoms with E-state index in [2.05, 4.69) is 309 Å². The fourth-order valence-corrected chi connectivity index (χ4v) is 9.56. The van der Waals surface area contributed by atoms with Gasteiger partial charge in [0, 0.05) is 62.6 Å². The van der Waals surface area contributed by atoms with E-state index < -0.39 is 0 Å². The lowest BCUT2D eigenvalue weighted by Crippen LogP contribution is -2.19. The van der Waals surface area contributed by atoms with Crippen LogP contribution in [0.5, 0.6) is 0 Å². The van der Waals surface area contributed by atoms with Crippen molar-refractivity contribution in [2.45, 2.75) is 282 Å². The third-order valence-electron chi connectivity index (χ3n) is 15.7. The predicted molar refractivity (Wildman–Crippen MR) is 393 cm³/mol. The van der Waals surface area contributed by atoms with Gasteiger partial charge >= 0.3 is 0 Å². The molecule has 3 aromatic heterocycles. The van der Waals surface area contributed by atoms with Gasteiger partial charge in [0.05, 0.1) is 33.4 Å². The number of benzene rings is 5. The number of fused-ring (bicyclic) bond motifs is 5. The van der Waals surface area contributed by atoms with Gasteiger partial charge in [-0.05, 0) is 121 Å². The fourth-order valence-electron chi connectivity index (χ4n) is 9.56. The highest BCUT2D eigenvalue weighted by molar-refractivity contribution is 5.98. The Balaban J connectivity index is 0.000000536. The van der Waals surface area contributed by atoms with Crippen molar-refractivity contribution in [1.82, 2.24) is 24.9 Å². The van der Waals surface area contributed by atoms with Crippen LogP contribution in [0.4, 0.5) is 11.4 Å². The van der Waals surface area contributed by atoms with Crippen LogP contribution in [0.25, 0.3) is 33.0 Å². The molecule has 0 amide bonds. The number of nitrogens with zero attached hydrogens (tertiary/aromatic N) is 4. The molecule has 87 heavy (non-hydrogen) atoms. The highest BCUT2D eigenvalue weighted by Gasteiger charge is 2.28. The summed E-state index contributed by atoms with van der Waals surface area (Å²) in [6.45, 7) is 60.0. The first kappa shape index (κ1) is 78.9. The minimum Gasteiger partial charge on any atom is -0.358 e. The predicted octanol–water partition coefficient (Wildman–Crippen LogP) is 25.1. The summed E-state index contributed by atoms with van der Waals surface area (Å²) in [5.41, 5.74) is 22.7. The maximum Gasteiger partial charge on any atom is 0.112 e. The number of H-pyrrole nitrogens is 3. The summed E-state index contributed by atoms with van der Waals surface area (Å²) in [5, 5.41) is 1.31. The highest BCUT2D eigenvalue weighted by Crippen LogP contribution is 2.38. The van der Waals surface area contributed by atoms with E-state index in [1.807, 2.05) is 0 Å². The second-order valence-corrected chi connectivity index (χ2v) is 31.6. The Morgan fingerprint density at radius 2 is 0.667 bits per heavy atom.